The van der Waals surface area contributed by atoms with Crippen LogP contribution in [0.4, 0.5) is 5.69 Å². The number of nitrogens with zero attached hydrogens (tertiary/aromatic N) is 2. The van der Waals surface area contributed by atoms with E-state index >= 15 is 0 Å². The summed E-state index contributed by atoms with van der Waals surface area (Å²) in [7, 11) is 0. The van der Waals surface area contributed by atoms with Crippen LogP contribution in [0.5, 0.6) is 0 Å². The van der Waals surface area contributed by atoms with Crippen molar-refractivity contribution < 1.29 is 9.32 Å². The van der Waals surface area contributed by atoms with Crippen LogP contribution in [0.15, 0.2) is 88.2 Å². The average molecular weight is 422 g/mol. The first-order valence-electron chi connectivity index (χ1n) is 10.0. The number of anilines is 1. The number of nitrogens with one attached hydrogen (secondary N) is 2. The first-order valence-corrected chi connectivity index (χ1v) is 10.0. The Morgan fingerprint density at radius 2 is 1.75 bits per heavy atom. The van der Waals surface area contributed by atoms with Crippen LogP contribution in [-0.4, -0.2) is 21.0 Å². The van der Waals surface area contributed by atoms with Gasteiger partial charge in [-0.2, -0.15) is 0 Å². The van der Waals surface area contributed by atoms with Crippen LogP contribution >= 0.6 is 0 Å². The van der Waals surface area contributed by atoms with Crippen LogP contribution in [0.25, 0.3) is 33.6 Å². The molecular formula is C25H18N4O3. The highest BCUT2D eigenvalue weighted by atomic mass is 16.5. The Morgan fingerprint density at radius 3 is 2.56 bits per heavy atom. The molecule has 156 valence electrons. The van der Waals surface area contributed by atoms with E-state index < -0.39 is 0 Å². The van der Waals surface area contributed by atoms with Gasteiger partial charge in [0, 0.05) is 34.1 Å². The minimum absolute atomic E-state index is 0.224. The average Bonchev–Trinajstić information content (AvgIpc) is 3.22. The van der Waals surface area contributed by atoms with Crippen LogP contribution in [0.3, 0.4) is 0 Å². The lowest BCUT2D eigenvalue weighted by Crippen LogP contribution is -2.12. The predicted octanol–water partition coefficient (Wildman–Crippen LogP) is 4.81. The Morgan fingerprint density at radius 1 is 0.938 bits per heavy atom. The van der Waals surface area contributed by atoms with Gasteiger partial charge in [0.1, 0.15) is 11.3 Å². The van der Waals surface area contributed by atoms with E-state index in [2.05, 4.69) is 20.4 Å². The van der Waals surface area contributed by atoms with Crippen molar-refractivity contribution in [3.63, 3.8) is 0 Å². The molecule has 5 rings (SSSR count). The molecule has 0 saturated carbocycles. The molecule has 0 radical (unpaired) electrons. The van der Waals surface area contributed by atoms with E-state index in [1.165, 1.54) is 6.07 Å². The Bertz CT molecular complexity index is 1500. The molecule has 0 aliphatic rings. The van der Waals surface area contributed by atoms with Crippen LogP contribution in [0.2, 0.25) is 0 Å². The van der Waals surface area contributed by atoms with E-state index in [1.54, 1.807) is 43.3 Å². The maximum atomic E-state index is 12.9. The number of carbonyl (C=O) groups excluding carboxylic acids is 1. The molecule has 0 aliphatic carbocycles. The largest absolute Gasteiger partial charge is 0.355 e. The standard InChI is InChI=1S/C25H18N4O3/c1-15-12-22(30)28-24(26-15)17-8-5-9-19(13-17)27-25(31)18-10-11-21-20(14-18)23(32-29-21)16-6-3-2-4-7-16/h2-14H,1H3,(H,27,31)(H,26,28,30). The molecule has 1 amide bonds. The monoisotopic (exact) mass is 422 g/mol. The van der Waals surface area contributed by atoms with Gasteiger partial charge in [0.05, 0.1) is 5.39 Å². The van der Waals surface area contributed by atoms with E-state index in [9.17, 15) is 9.59 Å². The van der Waals surface area contributed by atoms with Crippen molar-refractivity contribution in [3.05, 3.63) is 100 Å². The van der Waals surface area contributed by atoms with E-state index in [1.807, 2.05) is 36.4 Å². The van der Waals surface area contributed by atoms with Gasteiger partial charge >= 0.3 is 0 Å². The van der Waals surface area contributed by atoms with Crippen molar-refractivity contribution in [1.82, 2.24) is 15.1 Å². The van der Waals surface area contributed by atoms with Crippen LogP contribution in [0, 0.1) is 6.92 Å². The molecule has 0 fully saturated rings. The summed E-state index contributed by atoms with van der Waals surface area (Å²) in [5, 5.41) is 7.76. The second-order valence-electron chi connectivity index (χ2n) is 7.38. The van der Waals surface area contributed by atoms with Crippen molar-refractivity contribution in [3.8, 4) is 22.7 Å². The first-order chi connectivity index (χ1) is 15.6. The minimum atomic E-state index is -0.269. The highest BCUT2D eigenvalue weighted by Gasteiger charge is 2.14. The summed E-state index contributed by atoms with van der Waals surface area (Å²) in [6.45, 7) is 1.76. The van der Waals surface area contributed by atoms with Gasteiger partial charge in [-0.25, -0.2) is 4.98 Å². The summed E-state index contributed by atoms with van der Waals surface area (Å²) in [4.78, 5) is 31.8. The zero-order chi connectivity index (χ0) is 22.1. The molecule has 2 heterocycles. The SMILES string of the molecule is Cc1cc(=O)[nH]c(-c2cccc(NC(=O)c3ccc4noc(-c5ccccc5)c4c3)c2)n1. The molecule has 32 heavy (non-hydrogen) atoms. The third-order valence-corrected chi connectivity index (χ3v) is 5.04. The number of rotatable bonds is 4. The second kappa shape index (κ2) is 7.96. The van der Waals surface area contributed by atoms with Gasteiger partial charge in [-0.15, -0.1) is 0 Å². The molecule has 0 aliphatic heterocycles. The van der Waals surface area contributed by atoms with Crippen molar-refractivity contribution in [2.75, 3.05) is 5.32 Å². The van der Waals surface area contributed by atoms with Gasteiger partial charge in [0.25, 0.3) is 11.5 Å². The Labute approximate surface area is 182 Å². The van der Waals surface area contributed by atoms with Gasteiger partial charge in [0.2, 0.25) is 0 Å². The molecule has 0 unspecified atom stereocenters. The number of aryl methyl sites for hydroxylation is 1. The summed E-state index contributed by atoms with van der Waals surface area (Å²) >= 11 is 0. The molecule has 5 aromatic rings. The van der Waals surface area contributed by atoms with E-state index in [-0.39, 0.29) is 11.5 Å². The van der Waals surface area contributed by atoms with E-state index in [0.717, 1.165) is 10.9 Å². The lowest BCUT2D eigenvalue weighted by Gasteiger charge is -2.08. The Kier molecular flexibility index (Phi) is 4.84. The summed E-state index contributed by atoms with van der Waals surface area (Å²) < 4.78 is 5.52. The lowest BCUT2D eigenvalue weighted by molar-refractivity contribution is 0.102. The number of aromatic amines is 1. The maximum Gasteiger partial charge on any atom is 0.255 e. The van der Waals surface area contributed by atoms with Gasteiger partial charge < -0.3 is 14.8 Å². The zero-order valence-electron chi connectivity index (χ0n) is 17.1. The number of amides is 1. The first kappa shape index (κ1) is 19.4. The molecule has 0 atom stereocenters. The maximum absolute atomic E-state index is 12.9. The van der Waals surface area contributed by atoms with Crippen molar-refractivity contribution >= 4 is 22.5 Å². The number of fused-ring (bicyclic) bond motifs is 1. The highest BCUT2D eigenvalue weighted by molar-refractivity contribution is 6.07. The van der Waals surface area contributed by atoms with Gasteiger partial charge in [-0.3, -0.25) is 9.59 Å². The summed E-state index contributed by atoms with van der Waals surface area (Å²) in [6, 6.07) is 23.5. The molecule has 7 heteroatoms. The molecule has 0 bridgehead atoms. The van der Waals surface area contributed by atoms with Crippen molar-refractivity contribution in [1.29, 1.82) is 0 Å². The van der Waals surface area contributed by atoms with Crippen LogP contribution in [0.1, 0.15) is 16.1 Å². The fourth-order valence-electron chi connectivity index (χ4n) is 3.54. The van der Waals surface area contributed by atoms with Crippen LogP contribution in [-0.2, 0) is 0 Å². The molecular weight excluding hydrogens is 404 g/mol. The molecule has 2 N–H and O–H groups in total. The Hall–Kier alpha value is -4.52. The smallest absolute Gasteiger partial charge is 0.255 e. The Balaban J connectivity index is 1.45. The second-order valence-corrected chi connectivity index (χ2v) is 7.38. The lowest BCUT2D eigenvalue weighted by atomic mass is 10.1. The number of H-pyrrole nitrogens is 1. The third kappa shape index (κ3) is 3.79. The van der Waals surface area contributed by atoms with Gasteiger partial charge in [0.15, 0.2) is 5.76 Å². The van der Waals surface area contributed by atoms with Crippen molar-refractivity contribution in [2.45, 2.75) is 6.92 Å². The summed E-state index contributed by atoms with van der Waals surface area (Å²) in [5.41, 5.74) is 3.73. The van der Waals surface area contributed by atoms with Crippen molar-refractivity contribution in [2.24, 2.45) is 0 Å². The number of hydrogen-bond donors (Lipinski definition) is 2. The van der Waals surface area contributed by atoms with Crippen LogP contribution < -0.4 is 10.9 Å². The van der Waals surface area contributed by atoms with Gasteiger partial charge in [-0.05, 0) is 37.3 Å². The summed E-state index contributed by atoms with van der Waals surface area (Å²) in [5.74, 6) is 0.797. The van der Waals surface area contributed by atoms with E-state index in [0.29, 0.717) is 39.6 Å². The number of carbonyl (C=O) groups is 1. The molecule has 2 aromatic heterocycles. The zero-order valence-corrected chi connectivity index (χ0v) is 17.1. The minimum Gasteiger partial charge on any atom is -0.355 e. The molecule has 3 aromatic carbocycles. The highest BCUT2D eigenvalue weighted by Crippen LogP contribution is 2.29. The topological polar surface area (TPSA) is 101 Å². The fourth-order valence-corrected chi connectivity index (χ4v) is 3.54. The molecule has 7 nitrogen and oxygen atoms in total. The number of hydrogen-bond acceptors (Lipinski definition) is 5. The summed E-state index contributed by atoms with van der Waals surface area (Å²) in [6.07, 6.45) is 0. The number of aromatic nitrogens is 3. The van der Waals surface area contributed by atoms with Gasteiger partial charge in [-0.1, -0.05) is 47.6 Å². The molecule has 0 spiro atoms. The normalized spacial score (nSPS) is 10.9. The fraction of sp³-hybridized carbons (Fsp3) is 0.0400. The molecule has 0 saturated heterocycles. The third-order valence-electron chi connectivity index (χ3n) is 5.04. The predicted molar refractivity (Wildman–Crippen MR) is 122 cm³/mol. The number of benzene rings is 3. The van der Waals surface area contributed by atoms with E-state index in [4.69, 9.17) is 4.52 Å². The quantitative estimate of drug-likeness (QED) is 0.433.